The number of amides is 1. The lowest BCUT2D eigenvalue weighted by atomic mass is 10.0. The topological polar surface area (TPSA) is 55.8 Å². The Hall–Kier alpha value is -2.04. The summed E-state index contributed by atoms with van der Waals surface area (Å²) >= 11 is 0. The first-order valence-corrected chi connectivity index (χ1v) is 5.89. The number of carbonyl (C=O) groups excluding carboxylic acids is 2. The van der Waals surface area contributed by atoms with Gasteiger partial charge in [0.1, 0.15) is 6.04 Å². The van der Waals surface area contributed by atoms with Crippen molar-refractivity contribution in [1.82, 2.24) is 5.06 Å². The molecule has 5 nitrogen and oxygen atoms in total. The molecule has 1 amide bonds. The first-order valence-electron chi connectivity index (χ1n) is 5.89. The summed E-state index contributed by atoms with van der Waals surface area (Å²) in [5, 5.41) is 1.00. The van der Waals surface area contributed by atoms with Crippen LogP contribution in [0, 0.1) is 0 Å². The maximum Gasteiger partial charge on any atom is 0.444 e. The fraction of sp³-hybridized carbons (Fsp3) is 0.385. The molecule has 0 radical (unpaired) electrons. The Balaban J connectivity index is 2.14. The van der Waals surface area contributed by atoms with Crippen molar-refractivity contribution in [3.05, 3.63) is 35.9 Å². The van der Waals surface area contributed by atoms with Crippen molar-refractivity contribution in [3.8, 4) is 0 Å². The molecule has 1 fully saturated rings. The lowest BCUT2D eigenvalue weighted by Gasteiger charge is -2.18. The minimum Gasteiger partial charge on any atom is -0.437 e. The molecule has 0 saturated carbocycles. The van der Waals surface area contributed by atoms with Crippen LogP contribution in [0.15, 0.2) is 30.3 Å². The smallest absolute Gasteiger partial charge is 0.437 e. The van der Waals surface area contributed by atoms with Crippen LogP contribution < -0.4 is 0 Å². The molecule has 0 unspecified atom stereocenters. The first-order chi connectivity index (χ1) is 8.63. The highest BCUT2D eigenvalue weighted by Gasteiger charge is 2.42. The SMILES string of the molecule is CCC(=O)ON1C(=O)O[C@@H](c2ccccc2)[C@H]1C. The summed E-state index contributed by atoms with van der Waals surface area (Å²) in [6.45, 7) is 3.45. The van der Waals surface area contributed by atoms with Gasteiger partial charge in [0.2, 0.25) is 0 Å². The molecule has 0 aromatic heterocycles. The fourth-order valence-electron chi connectivity index (χ4n) is 1.83. The number of carbonyl (C=O) groups is 2. The molecule has 0 bridgehead atoms. The molecule has 96 valence electrons. The molecule has 1 aromatic carbocycles. The Morgan fingerprint density at radius 3 is 2.67 bits per heavy atom. The van der Waals surface area contributed by atoms with E-state index in [1.54, 1.807) is 13.8 Å². The van der Waals surface area contributed by atoms with Crippen molar-refractivity contribution in [2.45, 2.75) is 32.4 Å². The summed E-state index contributed by atoms with van der Waals surface area (Å²) in [7, 11) is 0. The molecule has 18 heavy (non-hydrogen) atoms. The van der Waals surface area contributed by atoms with Gasteiger partial charge in [-0.25, -0.2) is 9.59 Å². The van der Waals surface area contributed by atoms with Crippen LogP contribution in [0.25, 0.3) is 0 Å². The second kappa shape index (κ2) is 5.08. The second-order valence-corrected chi connectivity index (χ2v) is 4.10. The van der Waals surface area contributed by atoms with Gasteiger partial charge in [0.05, 0.1) is 0 Å². The third-order valence-electron chi connectivity index (χ3n) is 2.83. The summed E-state index contributed by atoms with van der Waals surface area (Å²) in [6, 6.07) is 9.04. The van der Waals surface area contributed by atoms with Gasteiger partial charge < -0.3 is 9.57 Å². The van der Waals surface area contributed by atoms with Crippen LogP contribution in [0.1, 0.15) is 31.9 Å². The van der Waals surface area contributed by atoms with E-state index in [9.17, 15) is 9.59 Å². The number of cyclic esters (lactones) is 1. The summed E-state index contributed by atoms with van der Waals surface area (Å²) in [6.07, 6.45) is -0.825. The number of hydrogen-bond donors (Lipinski definition) is 0. The van der Waals surface area contributed by atoms with Crippen LogP contribution in [0.2, 0.25) is 0 Å². The molecule has 1 aromatic rings. The molecule has 5 heteroatoms. The molecule has 2 rings (SSSR count). The van der Waals surface area contributed by atoms with Crippen molar-refractivity contribution in [2.75, 3.05) is 0 Å². The third-order valence-corrected chi connectivity index (χ3v) is 2.83. The van der Waals surface area contributed by atoms with E-state index in [2.05, 4.69) is 0 Å². The monoisotopic (exact) mass is 249 g/mol. The van der Waals surface area contributed by atoms with Gasteiger partial charge in [-0.1, -0.05) is 37.3 Å². The van der Waals surface area contributed by atoms with Gasteiger partial charge in [-0.15, -0.1) is 5.06 Å². The van der Waals surface area contributed by atoms with E-state index < -0.39 is 18.2 Å². The Morgan fingerprint density at radius 1 is 1.39 bits per heavy atom. The van der Waals surface area contributed by atoms with Gasteiger partial charge >= 0.3 is 12.1 Å². The Morgan fingerprint density at radius 2 is 2.06 bits per heavy atom. The summed E-state index contributed by atoms with van der Waals surface area (Å²) in [4.78, 5) is 27.8. The Kier molecular flexibility index (Phi) is 3.50. The van der Waals surface area contributed by atoms with Crippen LogP contribution in [0.4, 0.5) is 4.79 Å². The van der Waals surface area contributed by atoms with Crippen LogP contribution in [0.3, 0.4) is 0 Å². The predicted octanol–water partition coefficient (Wildman–Crippen LogP) is 2.44. The molecule has 0 N–H and O–H groups in total. The first kappa shape index (κ1) is 12.4. The number of hydrogen-bond acceptors (Lipinski definition) is 4. The van der Waals surface area contributed by atoms with Crippen LogP contribution >= 0.6 is 0 Å². The van der Waals surface area contributed by atoms with E-state index in [0.29, 0.717) is 0 Å². The Bertz CT molecular complexity index is 446. The van der Waals surface area contributed by atoms with E-state index in [1.165, 1.54) is 0 Å². The zero-order chi connectivity index (χ0) is 13.1. The van der Waals surface area contributed by atoms with E-state index >= 15 is 0 Å². The highest BCUT2D eigenvalue weighted by Crippen LogP contribution is 2.32. The molecular weight excluding hydrogens is 234 g/mol. The van der Waals surface area contributed by atoms with Crippen LogP contribution in [-0.4, -0.2) is 23.2 Å². The van der Waals surface area contributed by atoms with Crippen molar-refractivity contribution >= 4 is 12.1 Å². The van der Waals surface area contributed by atoms with Crippen molar-refractivity contribution in [2.24, 2.45) is 0 Å². The number of ether oxygens (including phenoxy) is 1. The van der Waals surface area contributed by atoms with Gasteiger partial charge in [-0.2, -0.15) is 0 Å². The van der Waals surface area contributed by atoms with Gasteiger partial charge in [0.15, 0.2) is 6.10 Å². The van der Waals surface area contributed by atoms with Crippen LogP contribution in [-0.2, 0) is 14.4 Å². The maximum atomic E-state index is 11.6. The van der Waals surface area contributed by atoms with Gasteiger partial charge in [-0.05, 0) is 12.5 Å². The molecular formula is C13H15NO4. The standard InChI is InChI=1S/C13H15NO4/c1-3-11(15)18-14-9(2)12(17-13(14)16)10-7-5-4-6-8-10/h4-9,12H,3H2,1-2H3/t9-,12-/m1/s1. The molecule has 1 aliphatic rings. The molecule has 1 heterocycles. The molecule has 0 spiro atoms. The molecule has 2 atom stereocenters. The van der Waals surface area contributed by atoms with E-state index in [0.717, 1.165) is 10.6 Å². The zero-order valence-corrected chi connectivity index (χ0v) is 10.3. The van der Waals surface area contributed by atoms with Gasteiger partial charge in [0.25, 0.3) is 0 Å². The summed E-state index contributed by atoms with van der Waals surface area (Å²) in [5.74, 6) is -0.451. The lowest BCUT2D eigenvalue weighted by Crippen LogP contribution is -2.34. The quantitative estimate of drug-likeness (QED) is 0.825. The largest absolute Gasteiger partial charge is 0.444 e. The number of benzene rings is 1. The number of nitrogens with zero attached hydrogens (tertiary/aromatic N) is 1. The van der Waals surface area contributed by atoms with E-state index in [4.69, 9.17) is 9.57 Å². The van der Waals surface area contributed by atoms with Gasteiger partial charge in [-0.3, -0.25) is 0 Å². The average Bonchev–Trinajstić information content (AvgIpc) is 2.67. The zero-order valence-electron chi connectivity index (χ0n) is 10.3. The molecule has 1 aliphatic heterocycles. The van der Waals surface area contributed by atoms with Crippen molar-refractivity contribution in [3.63, 3.8) is 0 Å². The van der Waals surface area contributed by atoms with Gasteiger partial charge in [0, 0.05) is 6.42 Å². The van der Waals surface area contributed by atoms with Crippen molar-refractivity contribution < 1.29 is 19.2 Å². The minimum atomic E-state index is -0.627. The summed E-state index contributed by atoms with van der Waals surface area (Å²) in [5.41, 5.74) is 0.883. The van der Waals surface area contributed by atoms with E-state index in [-0.39, 0.29) is 12.5 Å². The highest BCUT2D eigenvalue weighted by molar-refractivity contribution is 5.74. The number of hydroxylamine groups is 2. The third kappa shape index (κ3) is 2.30. The normalized spacial score (nSPS) is 22.8. The van der Waals surface area contributed by atoms with Crippen molar-refractivity contribution in [1.29, 1.82) is 0 Å². The lowest BCUT2D eigenvalue weighted by molar-refractivity contribution is -0.180. The predicted molar refractivity (Wildman–Crippen MR) is 63.3 cm³/mol. The molecule has 1 saturated heterocycles. The molecule has 0 aliphatic carbocycles. The average molecular weight is 249 g/mol. The fourth-order valence-corrected chi connectivity index (χ4v) is 1.83. The highest BCUT2D eigenvalue weighted by atomic mass is 16.8. The van der Waals surface area contributed by atoms with E-state index in [1.807, 2.05) is 30.3 Å². The second-order valence-electron chi connectivity index (χ2n) is 4.10. The maximum absolute atomic E-state index is 11.6. The Labute approximate surface area is 105 Å². The van der Waals surface area contributed by atoms with Crippen LogP contribution in [0.5, 0.6) is 0 Å². The summed E-state index contributed by atoms with van der Waals surface area (Å²) < 4.78 is 5.23. The number of rotatable bonds is 3. The minimum absolute atomic E-state index is 0.215.